The van der Waals surface area contributed by atoms with Crippen LogP contribution in [-0.2, 0) is 32.3 Å². The number of rotatable bonds is 8. The highest BCUT2D eigenvalue weighted by Crippen LogP contribution is 2.26. The van der Waals surface area contributed by atoms with E-state index in [9.17, 15) is 19.2 Å². The highest BCUT2D eigenvalue weighted by atomic mass is 16.5. The molecule has 0 aromatic heterocycles. The molecule has 0 bridgehead atoms. The smallest absolute Gasteiger partial charge is 0.318 e. The number of ketones is 1. The molecule has 0 saturated carbocycles. The zero-order chi connectivity index (χ0) is 24.6. The van der Waals surface area contributed by atoms with Crippen LogP contribution < -0.4 is 5.32 Å². The van der Waals surface area contributed by atoms with Gasteiger partial charge in [0.15, 0.2) is 5.78 Å². The molecule has 4 rings (SSSR count). The largest absolute Gasteiger partial charge is 0.460 e. The third-order valence-corrected chi connectivity index (χ3v) is 6.55. The fourth-order valence-electron chi connectivity index (χ4n) is 4.75. The van der Waals surface area contributed by atoms with Gasteiger partial charge in [0.2, 0.25) is 5.91 Å². The predicted octanol–water partition coefficient (Wildman–Crippen LogP) is 3.05. The number of amides is 3. The van der Waals surface area contributed by atoms with Crippen LogP contribution in [0.2, 0.25) is 0 Å². The van der Waals surface area contributed by atoms with Gasteiger partial charge in [-0.1, -0.05) is 60.7 Å². The Kier molecular flexibility index (Phi) is 8.13. The van der Waals surface area contributed by atoms with E-state index in [0.717, 1.165) is 17.5 Å². The summed E-state index contributed by atoms with van der Waals surface area (Å²) in [5.74, 6) is -1.13. The van der Waals surface area contributed by atoms with Gasteiger partial charge in [0.05, 0.1) is 6.04 Å². The lowest BCUT2D eigenvalue weighted by Crippen LogP contribution is -2.53. The highest BCUT2D eigenvalue weighted by molar-refractivity contribution is 6.01. The topological polar surface area (TPSA) is 96.0 Å². The Labute approximate surface area is 205 Å². The van der Waals surface area contributed by atoms with Crippen LogP contribution >= 0.6 is 0 Å². The summed E-state index contributed by atoms with van der Waals surface area (Å²) in [4.78, 5) is 54.4. The lowest BCUT2D eigenvalue weighted by Gasteiger charge is -2.31. The number of hydrogen-bond donors (Lipinski definition) is 1. The molecule has 8 heteroatoms. The SMILES string of the molecule is O=C(CC(=O)[C@@H]1CCCN1C(=O)[C@@H]1CCCN1C(=O)NCc1ccccc1)OCc1ccccc1. The predicted molar refractivity (Wildman–Crippen MR) is 129 cm³/mol. The van der Waals surface area contributed by atoms with E-state index in [-0.39, 0.29) is 30.7 Å². The summed E-state index contributed by atoms with van der Waals surface area (Å²) in [6.45, 7) is 1.43. The normalized spacial score (nSPS) is 19.4. The molecule has 2 fully saturated rings. The number of likely N-dealkylation sites (tertiary alicyclic amines) is 2. The molecular weight excluding hydrogens is 446 g/mol. The maximum atomic E-state index is 13.4. The van der Waals surface area contributed by atoms with Crippen LogP contribution in [0.5, 0.6) is 0 Å². The first-order valence-electron chi connectivity index (χ1n) is 12.1. The van der Waals surface area contributed by atoms with Gasteiger partial charge in [-0.25, -0.2) is 4.79 Å². The molecule has 2 aliphatic heterocycles. The Morgan fingerprint density at radius 3 is 2.09 bits per heavy atom. The number of carbonyl (C=O) groups is 4. The minimum Gasteiger partial charge on any atom is -0.460 e. The number of hydrogen-bond acceptors (Lipinski definition) is 5. The van der Waals surface area contributed by atoms with Crippen molar-refractivity contribution in [3.8, 4) is 0 Å². The third-order valence-electron chi connectivity index (χ3n) is 6.55. The van der Waals surface area contributed by atoms with Gasteiger partial charge in [-0.2, -0.15) is 0 Å². The Morgan fingerprint density at radius 1 is 0.800 bits per heavy atom. The van der Waals surface area contributed by atoms with Crippen molar-refractivity contribution in [1.82, 2.24) is 15.1 Å². The number of carbonyl (C=O) groups excluding carboxylic acids is 4. The summed E-state index contributed by atoms with van der Waals surface area (Å²) in [6, 6.07) is 17.3. The average molecular weight is 478 g/mol. The molecule has 2 atom stereocenters. The molecule has 0 radical (unpaired) electrons. The van der Waals surface area contributed by atoms with E-state index < -0.39 is 18.1 Å². The molecule has 0 unspecified atom stereocenters. The summed E-state index contributed by atoms with van der Waals surface area (Å²) in [5, 5.41) is 2.89. The molecule has 35 heavy (non-hydrogen) atoms. The maximum Gasteiger partial charge on any atom is 0.318 e. The van der Waals surface area contributed by atoms with Gasteiger partial charge < -0.3 is 19.9 Å². The summed E-state index contributed by atoms with van der Waals surface area (Å²) in [6.07, 6.45) is 2.13. The number of Topliss-reactive ketones (excluding diaryl/α,β-unsaturated/α-hetero) is 1. The van der Waals surface area contributed by atoms with Crippen LogP contribution in [0.1, 0.15) is 43.2 Å². The van der Waals surface area contributed by atoms with Crippen molar-refractivity contribution in [3.05, 3.63) is 71.8 Å². The van der Waals surface area contributed by atoms with Gasteiger partial charge in [-0.15, -0.1) is 0 Å². The van der Waals surface area contributed by atoms with Crippen molar-refractivity contribution in [1.29, 1.82) is 0 Å². The minimum atomic E-state index is -0.651. The van der Waals surface area contributed by atoms with Crippen molar-refractivity contribution in [2.75, 3.05) is 13.1 Å². The number of nitrogens with one attached hydrogen (secondary N) is 1. The minimum absolute atomic E-state index is 0.107. The highest BCUT2D eigenvalue weighted by Gasteiger charge is 2.42. The van der Waals surface area contributed by atoms with Crippen molar-refractivity contribution >= 4 is 23.7 Å². The first kappa shape index (κ1) is 24.4. The molecule has 2 aromatic carbocycles. The van der Waals surface area contributed by atoms with Crippen molar-refractivity contribution < 1.29 is 23.9 Å². The Morgan fingerprint density at radius 2 is 1.40 bits per heavy atom. The number of nitrogens with zero attached hydrogens (tertiary/aromatic N) is 2. The molecule has 0 aliphatic carbocycles. The van der Waals surface area contributed by atoms with E-state index in [1.54, 1.807) is 9.80 Å². The van der Waals surface area contributed by atoms with Crippen LogP contribution in [0.3, 0.4) is 0 Å². The lowest BCUT2D eigenvalue weighted by atomic mass is 10.1. The summed E-state index contributed by atoms with van der Waals surface area (Å²) >= 11 is 0. The fraction of sp³-hybridized carbons (Fsp3) is 0.407. The Bertz CT molecular complexity index is 1040. The van der Waals surface area contributed by atoms with Crippen LogP contribution in [-0.4, -0.2) is 58.7 Å². The Balaban J connectivity index is 1.31. The molecule has 1 N–H and O–H groups in total. The zero-order valence-electron chi connectivity index (χ0n) is 19.7. The first-order valence-corrected chi connectivity index (χ1v) is 12.1. The number of urea groups is 1. The van der Waals surface area contributed by atoms with Crippen LogP contribution in [0.25, 0.3) is 0 Å². The van der Waals surface area contributed by atoms with Crippen molar-refractivity contribution in [2.24, 2.45) is 0 Å². The van der Waals surface area contributed by atoms with Crippen LogP contribution in [0, 0.1) is 0 Å². The van der Waals surface area contributed by atoms with Crippen molar-refractivity contribution in [3.63, 3.8) is 0 Å². The van der Waals surface area contributed by atoms with E-state index in [4.69, 9.17) is 4.74 Å². The average Bonchev–Trinajstić information content (AvgIpc) is 3.57. The van der Waals surface area contributed by atoms with E-state index in [0.29, 0.717) is 38.9 Å². The fourth-order valence-corrected chi connectivity index (χ4v) is 4.75. The first-order chi connectivity index (χ1) is 17.0. The molecule has 2 aromatic rings. The third kappa shape index (κ3) is 6.26. The van der Waals surface area contributed by atoms with Gasteiger partial charge in [0, 0.05) is 19.6 Å². The summed E-state index contributed by atoms with van der Waals surface area (Å²) < 4.78 is 5.24. The lowest BCUT2D eigenvalue weighted by molar-refractivity contribution is -0.150. The maximum absolute atomic E-state index is 13.4. The van der Waals surface area contributed by atoms with Crippen LogP contribution in [0.15, 0.2) is 60.7 Å². The van der Waals surface area contributed by atoms with E-state index in [1.165, 1.54) is 0 Å². The van der Waals surface area contributed by atoms with Gasteiger partial charge >= 0.3 is 12.0 Å². The molecule has 2 saturated heterocycles. The van der Waals surface area contributed by atoms with Crippen LogP contribution in [0.4, 0.5) is 4.79 Å². The second kappa shape index (κ2) is 11.6. The van der Waals surface area contributed by atoms with Gasteiger partial charge in [0.1, 0.15) is 19.1 Å². The molecule has 2 heterocycles. The van der Waals surface area contributed by atoms with E-state index in [2.05, 4.69) is 5.32 Å². The molecular formula is C27H31N3O5. The van der Waals surface area contributed by atoms with Gasteiger partial charge in [-0.05, 0) is 36.8 Å². The molecule has 184 valence electrons. The summed E-state index contributed by atoms with van der Waals surface area (Å²) in [7, 11) is 0. The second-order valence-corrected chi connectivity index (χ2v) is 8.97. The number of benzene rings is 2. The molecule has 2 aliphatic rings. The van der Waals surface area contributed by atoms with E-state index >= 15 is 0 Å². The monoisotopic (exact) mass is 477 g/mol. The molecule has 8 nitrogen and oxygen atoms in total. The molecule has 0 spiro atoms. The zero-order valence-corrected chi connectivity index (χ0v) is 19.7. The second-order valence-electron chi connectivity index (χ2n) is 8.97. The van der Waals surface area contributed by atoms with Gasteiger partial charge in [0.25, 0.3) is 0 Å². The number of ether oxygens (including phenoxy) is 1. The quantitative estimate of drug-likeness (QED) is 0.466. The van der Waals surface area contributed by atoms with Gasteiger partial charge in [-0.3, -0.25) is 14.4 Å². The Hall–Kier alpha value is -3.68. The number of esters is 1. The van der Waals surface area contributed by atoms with E-state index in [1.807, 2.05) is 60.7 Å². The van der Waals surface area contributed by atoms with Crippen molar-refractivity contribution in [2.45, 2.75) is 57.3 Å². The standard InChI is InChI=1S/C27H31N3O5/c31-24(17-25(32)35-19-21-11-5-2-6-12-21)22-13-7-15-29(22)26(33)23-14-8-16-30(23)27(34)28-18-20-9-3-1-4-10-20/h1-6,9-12,22-23H,7-8,13-19H2,(H,28,34)/t22-,23-/m0/s1. The summed E-state index contributed by atoms with van der Waals surface area (Å²) in [5.41, 5.74) is 1.82. The molecule has 3 amide bonds.